The molecular formula is C19H22BrN3O3. The lowest BCUT2D eigenvalue weighted by Gasteiger charge is -2.15. The van der Waals surface area contributed by atoms with Crippen LogP contribution in [-0.4, -0.2) is 25.1 Å². The van der Waals surface area contributed by atoms with Crippen LogP contribution in [0.1, 0.15) is 25.5 Å². The van der Waals surface area contributed by atoms with Gasteiger partial charge in [-0.25, -0.2) is 4.79 Å². The molecule has 0 spiro atoms. The monoisotopic (exact) mass is 419 g/mol. The lowest BCUT2D eigenvalue weighted by Crippen LogP contribution is -2.31. The molecule has 0 aliphatic heterocycles. The summed E-state index contributed by atoms with van der Waals surface area (Å²) < 4.78 is 6.33. The standard InChI is InChI=1S/C19H22BrN3O3/c1-3-21-18(24)12-26-17-9-7-16(8-10-17)23-19(25)22-13(2)14-5-4-6-15(20)11-14/h4-11,13H,3,12H2,1-2H3,(H,21,24)(H2,22,23,25). The number of urea groups is 1. The van der Waals surface area contributed by atoms with Crippen LogP contribution in [-0.2, 0) is 4.79 Å². The number of hydrogen-bond acceptors (Lipinski definition) is 3. The molecule has 0 aliphatic carbocycles. The van der Waals surface area contributed by atoms with Gasteiger partial charge < -0.3 is 20.7 Å². The third-order valence-electron chi connectivity index (χ3n) is 3.55. The fraction of sp³-hybridized carbons (Fsp3) is 0.263. The Bertz CT molecular complexity index is 750. The van der Waals surface area contributed by atoms with E-state index in [1.165, 1.54) is 0 Å². The Morgan fingerprint density at radius 3 is 2.54 bits per heavy atom. The number of likely N-dealkylation sites (N-methyl/N-ethyl adjacent to an activating group) is 1. The van der Waals surface area contributed by atoms with Crippen molar-refractivity contribution in [3.05, 3.63) is 58.6 Å². The Balaban J connectivity index is 1.84. The van der Waals surface area contributed by atoms with Gasteiger partial charge in [0.2, 0.25) is 0 Å². The number of nitrogens with one attached hydrogen (secondary N) is 3. The number of ether oxygens (including phenoxy) is 1. The molecule has 1 atom stereocenters. The minimum absolute atomic E-state index is 0.0365. The van der Waals surface area contributed by atoms with Crippen LogP contribution in [0.2, 0.25) is 0 Å². The molecule has 1 unspecified atom stereocenters. The van der Waals surface area contributed by atoms with E-state index >= 15 is 0 Å². The molecule has 2 rings (SSSR count). The van der Waals surface area contributed by atoms with Crippen molar-refractivity contribution < 1.29 is 14.3 Å². The Kier molecular flexibility index (Phi) is 7.47. The fourth-order valence-electron chi connectivity index (χ4n) is 2.25. The lowest BCUT2D eigenvalue weighted by molar-refractivity contribution is -0.122. The maximum absolute atomic E-state index is 12.1. The van der Waals surface area contributed by atoms with Crippen molar-refractivity contribution in [2.45, 2.75) is 19.9 Å². The third kappa shape index (κ3) is 6.40. The molecule has 0 radical (unpaired) electrons. The molecule has 0 saturated carbocycles. The van der Waals surface area contributed by atoms with Gasteiger partial charge >= 0.3 is 6.03 Å². The fourth-order valence-corrected chi connectivity index (χ4v) is 2.67. The number of carbonyl (C=O) groups excluding carboxylic acids is 2. The molecule has 0 aliphatic rings. The first-order valence-electron chi connectivity index (χ1n) is 8.30. The minimum Gasteiger partial charge on any atom is -0.484 e. The Morgan fingerprint density at radius 1 is 1.15 bits per heavy atom. The van der Waals surface area contributed by atoms with Gasteiger partial charge in [-0.1, -0.05) is 28.1 Å². The lowest BCUT2D eigenvalue weighted by atomic mass is 10.1. The van der Waals surface area contributed by atoms with E-state index in [2.05, 4.69) is 31.9 Å². The highest BCUT2D eigenvalue weighted by Crippen LogP contribution is 2.19. The van der Waals surface area contributed by atoms with Crippen molar-refractivity contribution in [1.82, 2.24) is 10.6 Å². The smallest absolute Gasteiger partial charge is 0.319 e. The number of carbonyl (C=O) groups is 2. The first-order chi connectivity index (χ1) is 12.5. The highest BCUT2D eigenvalue weighted by Gasteiger charge is 2.10. The molecule has 0 heterocycles. The summed E-state index contributed by atoms with van der Waals surface area (Å²) in [6.45, 7) is 4.30. The van der Waals surface area contributed by atoms with Gasteiger partial charge in [0.15, 0.2) is 6.61 Å². The molecule has 0 bridgehead atoms. The van der Waals surface area contributed by atoms with Crippen molar-refractivity contribution >= 4 is 33.6 Å². The molecule has 26 heavy (non-hydrogen) atoms. The first kappa shape index (κ1) is 19.8. The van der Waals surface area contributed by atoms with Crippen LogP contribution in [0, 0.1) is 0 Å². The molecule has 7 heteroatoms. The number of amides is 3. The van der Waals surface area contributed by atoms with Gasteiger partial charge in [0, 0.05) is 16.7 Å². The van der Waals surface area contributed by atoms with Crippen molar-refractivity contribution in [3.63, 3.8) is 0 Å². The van der Waals surface area contributed by atoms with Crippen LogP contribution in [0.25, 0.3) is 0 Å². The van der Waals surface area contributed by atoms with Crippen LogP contribution in [0.4, 0.5) is 10.5 Å². The van der Waals surface area contributed by atoms with E-state index in [1.54, 1.807) is 24.3 Å². The molecule has 2 aromatic rings. The molecule has 6 nitrogen and oxygen atoms in total. The normalized spacial score (nSPS) is 11.3. The topological polar surface area (TPSA) is 79.5 Å². The summed E-state index contributed by atoms with van der Waals surface area (Å²) >= 11 is 3.42. The third-order valence-corrected chi connectivity index (χ3v) is 4.05. The number of rotatable bonds is 7. The number of hydrogen-bond donors (Lipinski definition) is 3. The highest BCUT2D eigenvalue weighted by atomic mass is 79.9. The predicted molar refractivity (Wildman–Crippen MR) is 105 cm³/mol. The van der Waals surface area contributed by atoms with Gasteiger partial charge in [-0.3, -0.25) is 4.79 Å². The quantitative estimate of drug-likeness (QED) is 0.637. The summed E-state index contributed by atoms with van der Waals surface area (Å²) in [4.78, 5) is 23.5. The molecule has 0 saturated heterocycles. The van der Waals surface area contributed by atoms with E-state index in [1.807, 2.05) is 38.1 Å². The molecule has 0 fully saturated rings. The minimum atomic E-state index is -0.298. The maximum atomic E-state index is 12.1. The average molecular weight is 420 g/mol. The zero-order chi connectivity index (χ0) is 18.9. The second kappa shape index (κ2) is 9.82. The maximum Gasteiger partial charge on any atom is 0.319 e. The van der Waals surface area contributed by atoms with Gasteiger partial charge in [0.1, 0.15) is 5.75 Å². The van der Waals surface area contributed by atoms with Crippen molar-refractivity contribution in [3.8, 4) is 5.75 Å². The van der Waals surface area contributed by atoms with Crippen LogP contribution in [0.3, 0.4) is 0 Å². The summed E-state index contributed by atoms with van der Waals surface area (Å²) in [5, 5.41) is 8.31. The van der Waals surface area contributed by atoms with Gasteiger partial charge in [0.05, 0.1) is 6.04 Å². The van der Waals surface area contributed by atoms with Crippen molar-refractivity contribution in [2.75, 3.05) is 18.5 Å². The molecule has 2 aromatic carbocycles. The Labute approximate surface area is 161 Å². The second-order valence-electron chi connectivity index (χ2n) is 5.64. The summed E-state index contributed by atoms with van der Waals surface area (Å²) in [7, 11) is 0. The molecule has 3 N–H and O–H groups in total. The van der Waals surface area contributed by atoms with Crippen LogP contribution >= 0.6 is 15.9 Å². The Morgan fingerprint density at radius 2 is 1.88 bits per heavy atom. The van der Waals surface area contributed by atoms with Gasteiger partial charge in [-0.05, 0) is 55.8 Å². The largest absolute Gasteiger partial charge is 0.484 e. The summed E-state index contributed by atoms with van der Waals surface area (Å²) in [6, 6.07) is 14.2. The molecule has 0 aromatic heterocycles. The number of halogens is 1. The molecule has 3 amide bonds. The van der Waals surface area contributed by atoms with Crippen molar-refractivity contribution in [2.24, 2.45) is 0 Å². The number of benzene rings is 2. The summed E-state index contributed by atoms with van der Waals surface area (Å²) in [6.07, 6.45) is 0. The van der Waals surface area contributed by atoms with Crippen molar-refractivity contribution in [1.29, 1.82) is 0 Å². The SMILES string of the molecule is CCNC(=O)COc1ccc(NC(=O)NC(C)c2cccc(Br)c2)cc1. The van der Waals surface area contributed by atoms with Gasteiger partial charge in [0.25, 0.3) is 5.91 Å². The highest BCUT2D eigenvalue weighted by molar-refractivity contribution is 9.10. The van der Waals surface area contributed by atoms with E-state index in [4.69, 9.17) is 4.74 Å². The summed E-state index contributed by atoms with van der Waals surface area (Å²) in [5.41, 5.74) is 1.64. The van der Waals surface area contributed by atoms with Crippen LogP contribution in [0.15, 0.2) is 53.0 Å². The van der Waals surface area contributed by atoms with E-state index < -0.39 is 0 Å². The zero-order valence-corrected chi connectivity index (χ0v) is 16.3. The second-order valence-corrected chi connectivity index (χ2v) is 6.56. The van der Waals surface area contributed by atoms with Gasteiger partial charge in [-0.2, -0.15) is 0 Å². The average Bonchev–Trinajstić information content (AvgIpc) is 2.61. The number of anilines is 1. The van der Waals surface area contributed by atoms with E-state index in [0.717, 1.165) is 10.0 Å². The van der Waals surface area contributed by atoms with Crippen LogP contribution < -0.4 is 20.7 Å². The van der Waals surface area contributed by atoms with E-state index in [9.17, 15) is 9.59 Å². The van der Waals surface area contributed by atoms with E-state index in [-0.39, 0.29) is 24.6 Å². The predicted octanol–water partition coefficient (Wildman–Crippen LogP) is 3.85. The zero-order valence-electron chi connectivity index (χ0n) is 14.7. The van der Waals surface area contributed by atoms with Gasteiger partial charge in [-0.15, -0.1) is 0 Å². The summed E-state index contributed by atoms with van der Waals surface area (Å²) in [5.74, 6) is 0.389. The van der Waals surface area contributed by atoms with Crippen LogP contribution in [0.5, 0.6) is 5.75 Å². The first-order valence-corrected chi connectivity index (χ1v) is 9.09. The molecular weight excluding hydrogens is 398 g/mol. The Hall–Kier alpha value is -2.54. The molecule has 138 valence electrons. The van der Waals surface area contributed by atoms with E-state index in [0.29, 0.717) is 18.0 Å².